The molecular weight excluding hydrogens is 134 g/mol. The largest absolute Gasteiger partial charge is 0.394 e. The van der Waals surface area contributed by atoms with Crippen LogP contribution in [0.25, 0.3) is 0 Å². The predicted octanol–water partition coefficient (Wildman–Crippen LogP) is -1.17. The van der Waals surface area contributed by atoms with Gasteiger partial charge in [0.25, 0.3) is 0 Å². The first-order chi connectivity index (χ1) is 4.77. The van der Waals surface area contributed by atoms with Crippen molar-refractivity contribution in [3.8, 4) is 0 Å². The van der Waals surface area contributed by atoms with Crippen molar-refractivity contribution >= 4 is 6.29 Å². The van der Waals surface area contributed by atoms with Crippen LogP contribution in [-0.2, 0) is 9.53 Å². The van der Waals surface area contributed by atoms with Gasteiger partial charge in [-0.3, -0.25) is 9.69 Å². The van der Waals surface area contributed by atoms with Crippen LogP contribution in [0.15, 0.2) is 0 Å². The number of aliphatic hydroxyl groups is 1. The maximum absolute atomic E-state index is 10.2. The number of aldehydes is 1. The van der Waals surface area contributed by atoms with E-state index in [4.69, 9.17) is 9.84 Å². The molecule has 2 atom stereocenters. The van der Waals surface area contributed by atoms with Gasteiger partial charge in [-0.15, -0.1) is 0 Å². The highest BCUT2D eigenvalue weighted by Gasteiger charge is 2.28. The molecule has 1 aliphatic heterocycles. The highest BCUT2D eigenvalue weighted by Crippen LogP contribution is 2.10. The smallest absolute Gasteiger partial charge is 0.167 e. The number of hydrogen-bond acceptors (Lipinski definition) is 4. The predicted molar refractivity (Wildman–Crippen MR) is 34.4 cm³/mol. The Morgan fingerprint density at radius 2 is 2.60 bits per heavy atom. The summed E-state index contributed by atoms with van der Waals surface area (Å²) in [5.74, 6) is 0. The van der Waals surface area contributed by atoms with Crippen LogP contribution in [-0.4, -0.2) is 48.8 Å². The van der Waals surface area contributed by atoms with Gasteiger partial charge >= 0.3 is 0 Å². The molecule has 4 heteroatoms. The molecule has 0 bridgehead atoms. The van der Waals surface area contributed by atoms with Gasteiger partial charge in [-0.1, -0.05) is 0 Å². The Balaban J connectivity index is 2.43. The van der Waals surface area contributed by atoms with Crippen molar-refractivity contribution in [2.45, 2.75) is 12.3 Å². The maximum atomic E-state index is 10.2. The van der Waals surface area contributed by atoms with Crippen molar-refractivity contribution in [2.24, 2.45) is 0 Å². The summed E-state index contributed by atoms with van der Waals surface area (Å²) in [6.07, 6.45) is 0.0766. The highest BCUT2D eigenvalue weighted by molar-refractivity contribution is 5.55. The Hall–Kier alpha value is -0.450. The molecule has 0 radical (unpaired) electrons. The van der Waals surface area contributed by atoms with Crippen molar-refractivity contribution < 1.29 is 14.6 Å². The molecule has 0 spiro atoms. The molecule has 0 aromatic carbocycles. The Kier molecular flexibility index (Phi) is 2.37. The average molecular weight is 145 g/mol. The standard InChI is InChI=1S/C6H11NO3/c1-7-2-5(3-8)10-6(7)4-9/h4-6,8H,2-3H2,1H3/t5-,6?/m1/s1. The van der Waals surface area contributed by atoms with Gasteiger partial charge in [-0.05, 0) is 7.05 Å². The van der Waals surface area contributed by atoms with E-state index in [0.717, 1.165) is 6.29 Å². The minimum atomic E-state index is -0.461. The molecule has 0 saturated carbocycles. The molecule has 1 unspecified atom stereocenters. The van der Waals surface area contributed by atoms with Gasteiger partial charge < -0.3 is 9.84 Å². The maximum Gasteiger partial charge on any atom is 0.167 e. The first-order valence-corrected chi connectivity index (χ1v) is 3.19. The zero-order valence-corrected chi connectivity index (χ0v) is 5.86. The van der Waals surface area contributed by atoms with Gasteiger partial charge in [0.2, 0.25) is 0 Å². The second-order valence-electron chi connectivity index (χ2n) is 2.41. The van der Waals surface area contributed by atoms with E-state index in [9.17, 15) is 4.79 Å². The fourth-order valence-electron chi connectivity index (χ4n) is 1.01. The zero-order valence-electron chi connectivity index (χ0n) is 5.86. The summed E-state index contributed by atoms with van der Waals surface area (Å²) in [6, 6.07) is 0. The fourth-order valence-corrected chi connectivity index (χ4v) is 1.01. The van der Waals surface area contributed by atoms with Crippen LogP contribution < -0.4 is 0 Å². The topological polar surface area (TPSA) is 49.8 Å². The molecule has 1 aliphatic rings. The normalized spacial score (nSPS) is 34.6. The lowest BCUT2D eigenvalue weighted by atomic mass is 10.4. The molecular formula is C6H11NO3. The van der Waals surface area contributed by atoms with E-state index in [1.807, 2.05) is 0 Å². The average Bonchev–Trinajstić information content (AvgIpc) is 2.30. The summed E-state index contributed by atoms with van der Waals surface area (Å²) in [4.78, 5) is 12.0. The molecule has 0 aromatic heterocycles. The van der Waals surface area contributed by atoms with E-state index >= 15 is 0 Å². The van der Waals surface area contributed by atoms with Crippen molar-refractivity contribution in [2.75, 3.05) is 20.2 Å². The number of likely N-dealkylation sites (N-methyl/N-ethyl adjacent to an activating group) is 1. The van der Waals surface area contributed by atoms with E-state index in [0.29, 0.717) is 6.54 Å². The minimum Gasteiger partial charge on any atom is -0.394 e. The summed E-state index contributed by atoms with van der Waals surface area (Å²) >= 11 is 0. The number of carbonyl (C=O) groups is 1. The minimum absolute atomic E-state index is 0.0192. The van der Waals surface area contributed by atoms with Gasteiger partial charge in [-0.25, -0.2) is 0 Å². The van der Waals surface area contributed by atoms with E-state index in [1.165, 1.54) is 0 Å². The number of rotatable bonds is 2. The third kappa shape index (κ3) is 1.34. The molecule has 1 N–H and O–H groups in total. The summed E-state index contributed by atoms with van der Waals surface area (Å²) in [5, 5.41) is 8.63. The lowest BCUT2D eigenvalue weighted by Gasteiger charge is -2.08. The Bertz CT molecular complexity index is 128. The molecule has 0 amide bonds. The van der Waals surface area contributed by atoms with Gasteiger partial charge in [0.15, 0.2) is 12.5 Å². The summed E-state index contributed by atoms with van der Waals surface area (Å²) in [5.41, 5.74) is 0. The quantitative estimate of drug-likeness (QED) is 0.498. The Morgan fingerprint density at radius 3 is 2.90 bits per heavy atom. The monoisotopic (exact) mass is 145 g/mol. The van der Waals surface area contributed by atoms with Gasteiger partial charge in [0.05, 0.1) is 12.7 Å². The third-order valence-corrected chi connectivity index (χ3v) is 1.58. The third-order valence-electron chi connectivity index (χ3n) is 1.58. The first kappa shape index (κ1) is 7.65. The van der Waals surface area contributed by atoms with Crippen LogP contribution in [0.3, 0.4) is 0 Å². The van der Waals surface area contributed by atoms with E-state index in [-0.39, 0.29) is 12.7 Å². The summed E-state index contributed by atoms with van der Waals surface area (Å²) < 4.78 is 5.08. The molecule has 1 heterocycles. The first-order valence-electron chi connectivity index (χ1n) is 3.19. The number of ether oxygens (including phenoxy) is 1. The lowest BCUT2D eigenvalue weighted by Crippen LogP contribution is -2.26. The van der Waals surface area contributed by atoms with Crippen LogP contribution in [0.2, 0.25) is 0 Å². The van der Waals surface area contributed by atoms with Crippen LogP contribution >= 0.6 is 0 Å². The number of hydrogen-bond donors (Lipinski definition) is 1. The number of aliphatic hydroxyl groups excluding tert-OH is 1. The van der Waals surface area contributed by atoms with Gasteiger partial charge in [0.1, 0.15) is 0 Å². The van der Waals surface area contributed by atoms with Gasteiger partial charge in [-0.2, -0.15) is 0 Å². The van der Waals surface area contributed by atoms with Crippen molar-refractivity contribution in [3.63, 3.8) is 0 Å². The fraction of sp³-hybridized carbons (Fsp3) is 0.833. The van der Waals surface area contributed by atoms with E-state index in [2.05, 4.69) is 0 Å². The molecule has 1 saturated heterocycles. The van der Waals surface area contributed by atoms with Crippen molar-refractivity contribution in [1.82, 2.24) is 4.90 Å². The lowest BCUT2D eigenvalue weighted by molar-refractivity contribution is -0.123. The molecule has 1 rings (SSSR count). The van der Waals surface area contributed by atoms with Crippen LogP contribution in [0, 0.1) is 0 Å². The highest BCUT2D eigenvalue weighted by atomic mass is 16.5. The summed E-state index contributed by atoms with van der Waals surface area (Å²) in [7, 11) is 1.79. The number of nitrogens with zero attached hydrogens (tertiary/aromatic N) is 1. The van der Waals surface area contributed by atoms with E-state index < -0.39 is 6.23 Å². The molecule has 4 nitrogen and oxygen atoms in total. The van der Waals surface area contributed by atoms with E-state index in [1.54, 1.807) is 11.9 Å². The molecule has 58 valence electrons. The number of carbonyl (C=O) groups excluding carboxylic acids is 1. The van der Waals surface area contributed by atoms with Gasteiger partial charge in [0, 0.05) is 6.54 Å². The second-order valence-corrected chi connectivity index (χ2v) is 2.41. The van der Waals surface area contributed by atoms with Crippen LogP contribution in [0.1, 0.15) is 0 Å². The SMILES string of the molecule is CN1C[C@H](CO)OC1C=O. The van der Waals surface area contributed by atoms with Crippen LogP contribution in [0.4, 0.5) is 0 Å². The Labute approximate surface area is 59.4 Å². The zero-order chi connectivity index (χ0) is 7.56. The summed E-state index contributed by atoms with van der Waals surface area (Å²) in [6.45, 7) is 0.606. The molecule has 10 heavy (non-hydrogen) atoms. The molecule has 0 aromatic rings. The van der Waals surface area contributed by atoms with Crippen molar-refractivity contribution in [1.29, 1.82) is 0 Å². The molecule has 0 aliphatic carbocycles. The van der Waals surface area contributed by atoms with Crippen molar-refractivity contribution in [3.05, 3.63) is 0 Å². The van der Waals surface area contributed by atoms with Crippen LogP contribution in [0.5, 0.6) is 0 Å². The Morgan fingerprint density at radius 1 is 1.90 bits per heavy atom. The second kappa shape index (κ2) is 3.09. The molecule has 1 fully saturated rings.